The molecule has 0 fully saturated rings. The molecule has 0 amide bonds. The third-order valence-corrected chi connectivity index (χ3v) is 3.88. The van der Waals surface area contributed by atoms with E-state index in [2.05, 4.69) is 0 Å². The third kappa shape index (κ3) is 3.37. The zero-order chi connectivity index (χ0) is 17.1. The molecular formula is C19H12ClFN2O. The molecule has 1 heterocycles. The van der Waals surface area contributed by atoms with Crippen LogP contribution in [0.15, 0.2) is 65.6 Å². The second-order valence-electron chi connectivity index (χ2n) is 5.32. The Morgan fingerprint density at radius 3 is 2.50 bits per heavy atom. The van der Waals surface area contributed by atoms with Gasteiger partial charge in [0.2, 0.25) is 0 Å². The smallest absolute Gasteiger partial charge is 0.268 e. The van der Waals surface area contributed by atoms with Crippen molar-refractivity contribution in [3.8, 4) is 17.2 Å². The summed E-state index contributed by atoms with van der Waals surface area (Å²) >= 11 is 5.89. The van der Waals surface area contributed by atoms with Crippen LogP contribution in [0.5, 0.6) is 0 Å². The van der Waals surface area contributed by atoms with E-state index in [1.54, 1.807) is 36.5 Å². The molecular weight excluding hydrogens is 327 g/mol. The molecule has 0 aliphatic rings. The van der Waals surface area contributed by atoms with E-state index in [0.29, 0.717) is 10.6 Å². The third-order valence-electron chi connectivity index (χ3n) is 3.63. The molecule has 3 nitrogen and oxygen atoms in total. The molecule has 1 aromatic heterocycles. The highest BCUT2D eigenvalue weighted by Gasteiger charge is 2.09. The SMILES string of the molecule is N#Cc1cc(-c2ccc(Cl)cc2)cn(Cc2cccc(F)c2)c1=O. The summed E-state index contributed by atoms with van der Waals surface area (Å²) in [5, 5.41) is 9.83. The fourth-order valence-electron chi connectivity index (χ4n) is 2.47. The number of nitrogens with zero attached hydrogens (tertiary/aromatic N) is 2. The normalized spacial score (nSPS) is 10.4. The van der Waals surface area contributed by atoms with Crippen LogP contribution in [0.25, 0.3) is 11.1 Å². The molecule has 0 saturated carbocycles. The van der Waals surface area contributed by atoms with Crippen LogP contribution in [-0.4, -0.2) is 4.57 Å². The van der Waals surface area contributed by atoms with Gasteiger partial charge in [0.25, 0.3) is 5.56 Å². The Morgan fingerprint density at radius 2 is 1.83 bits per heavy atom. The Hall–Kier alpha value is -2.90. The van der Waals surface area contributed by atoms with Crippen LogP contribution in [0.4, 0.5) is 4.39 Å². The number of rotatable bonds is 3. The molecule has 0 spiro atoms. The Labute approximate surface area is 143 Å². The van der Waals surface area contributed by atoms with Gasteiger partial charge < -0.3 is 4.57 Å². The summed E-state index contributed by atoms with van der Waals surface area (Å²) in [5.74, 6) is -0.366. The van der Waals surface area contributed by atoms with Crippen LogP contribution in [0, 0.1) is 17.1 Å². The molecule has 0 aliphatic heterocycles. The standard InChI is InChI=1S/C19H12ClFN2O/c20-17-6-4-14(5-7-17)16-9-15(10-22)19(24)23(12-16)11-13-2-1-3-18(21)8-13/h1-9,12H,11H2. The van der Waals surface area contributed by atoms with E-state index in [9.17, 15) is 14.4 Å². The van der Waals surface area contributed by atoms with Crippen LogP contribution in [0.1, 0.15) is 11.1 Å². The maximum Gasteiger partial charge on any atom is 0.268 e. The lowest BCUT2D eigenvalue weighted by molar-refractivity contribution is 0.623. The first kappa shape index (κ1) is 16.0. The van der Waals surface area contributed by atoms with E-state index in [1.807, 2.05) is 18.2 Å². The highest BCUT2D eigenvalue weighted by Crippen LogP contribution is 2.21. The molecule has 0 saturated heterocycles. The number of pyridine rings is 1. The van der Waals surface area contributed by atoms with Crippen molar-refractivity contribution in [1.82, 2.24) is 4.57 Å². The predicted octanol–water partition coefficient (Wildman–Crippen LogP) is 4.23. The van der Waals surface area contributed by atoms with Crippen LogP contribution >= 0.6 is 11.6 Å². The second-order valence-corrected chi connectivity index (χ2v) is 5.76. The maximum absolute atomic E-state index is 13.3. The molecule has 5 heteroatoms. The molecule has 0 atom stereocenters. The lowest BCUT2D eigenvalue weighted by atomic mass is 10.1. The van der Waals surface area contributed by atoms with Crippen molar-refractivity contribution in [2.24, 2.45) is 0 Å². The van der Waals surface area contributed by atoms with Gasteiger partial charge in [0.05, 0.1) is 6.54 Å². The number of hydrogen-bond acceptors (Lipinski definition) is 2. The van der Waals surface area contributed by atoms with Crippen LogP contribution in [-0.2, 0) is 6.54 Å². The fraction of sp³-hybridized carbons (Fsp3) is 0.0526. The van der Waals surface area contributed by atoms with Gasteiger partial charge >= 0.3 is 0 Å². The Morgan fingerprint density at radius 1 is 1.08 bits per heavy atom. The molecule has 0 radical (unpaired) electrons. The van der Waals surface area contributed by atoms with Gasteiger partial charge in [-0.1, -0.05) is 35.9 Å². The average molecular weight is 339 g/mol. The number of aromatic nitrogens is 1. The number of halogens is 2. The first-order chi connectivity index (χ1) is 11.6. The largest absolute Gasteiger partial charge is 0.309 e. The van der Waals surface area contributed by atoms with Crippen molar-refractivity contribution < 1.29 is 4.39 Å². The van der Waals surface area contributed by atoms with E-state index in [-0.39, 0.29) is 17.9 Å². The summed E-state index contributed by atoms with van der Waals surface area (Å²) in [6, 6.07) is 16.6. The van der Waals surface area contributed by atoms with Gasteiger partial charge in [-0.25, -0.2) is 4.39 Å². The Kier molecular flexibility index (Phi) is 4.45. The van der Waals surface area contributed by atoms with Crippen molar-refractivity contribution in [2.45, 2.75) is 6.54 Å². The number of nitriles is 1. The minimum atomic E-state index is -0.403. The van der Waals surface area contributed by atoms with E-state index in [0.717, 1.165) is 11.1 Å². The summed E-state index contributed by atoms with van der Waals surface area (Å²) in [7, 11) is 0. The summed E-state index contributed by atoms with van der Waals surface area (Å²) < 4.78 is 14.8. The zero-order valence-corrected chi connectivity index (χ0v) is 13.3. The molecule has 0 aliphatic carbocycles. The van der Waals surface area contributed by atoms with Crippen molar-refractivity contribution in [3.05, 3.63) is 93.1 Å². The van der Waals surface area contributed by atoms with E-state index in [1.165, 1.54) is 16.7 Å². The zero-order valence-electron chi connectivity index (χ0n) is 12.5. The minimum Gasteiger partial charge on any atom is -0.309 e. The van der Waals surface area contributed by atoms with Crippen molar-refractivity contribution in [3.63, 3.8) is 0 Å². The fourth-order valence-corrected chi connectivity index (χ4v) is 2.59. The Bertz CT molecular complexity index is 987. The van der Waals surface area contributed by atoms with Crippen molar-refractivity contribution >= 4 is 11.6 Å². The first-order valence-electron chi connectivity index (χ1n) is 7.22. The van der Waals surface area contributed by atoms with E-state index < -0.39 is 5.56 Å². The summed E-state index contributed by atoms with van der Waals surface area (Å²) in [4.78, 5) is 12.4. The van der Waals surface area contributed by atoms with Gasteiger partial charge in [-0.2, -0.15) is 5.26 Å². The van der Waals surface area contributed by atoms with Crippen LogP contribution < -0.4 is 5.56 Å². The van der Waals surface area contributed by atoms with E-state index >= 15 is 0 Å². The minimum absolute atomic E-state index is 0.0406. The Balaban J connectivity index is 2.08. The van der Waals surface area contributed by atoms with E-state index in [4.69, 9.17) is 11.6 Å². The summed E-state index contributed by atoms with van der Waals surface area (Å²) in [5.41, 5.74) is 1.84. The molecule has 0 N–H and O–H groups in total. The second kappa shape index (κ2) is 6.69. The van der Waals surface area contributed by atoms with Crippen molar-refractivity contribution in [1.29, 1.82) is 5.26 Å². The molecule has 24 heavy (non-hydrogen) atoms. The van der Waals surface area contributed by atoms with Gasteiger partial charge in [-0.15, -0.1) is 0 Å². The predicted molar refractivity (Wildman–Crippen MR) is 91.4 cm³/mol. The van der Waals surface area contributed by atoms with Crippen LogP contribution in [0.2, 0.25) is 5.02 Å². The average Bonchev–Trinajstić information content (AvgIpc) is 2.57. The quantitative estimate of drug-likeness (QED) is 0.717. The molecule has 118 valence electrons. The lowest BCUT2D eigenvalue weighted by Gasteiger charge is -2.10. The highest BCUT2D eigenvalue weighted by molar-refractivity contribution is 6.30. The van der Waals surface area contributed by atoms with Crippen LogP contribution in [0.3, 0.4) is 0 Å². The van der Waals surface area contributed by atoms with Gasteiger partial charge in [0.15, 0.2) is 0 Å². The topological polar surface area (TPSA) is 45.8 Å². The van der Waals surface area contributed by atoms with Gasteiger partial charge in [0, 0.05) is 11.2 Å². The number of benzene rings is 2. The van der Waals surface area contributed by atoms with Gasteiger partial charge in [-0.05, 0) is 47.0 Å². The monoisotopic (exact) mass is 338 g/mol. The lowest BCUT2D eigenvalue weighted by Crippen LogP contribution is -2.23. The summed E-state index contributed by atoms with van der Waals surface area (Å²) in [6.07, 6.45) is 1.66. The molecule has 0 bridgehead atoms. The first-order valence-corrected chi connectivity index (χ1v) is 7.59. The van der Waals surface area contributed by atoms with Crippen molar-refractivity contribution in [2.75, 3.05) is 0 Å². The summed E-state index contributed by atoms with van der Waals surface area (Å²) in [6.45, 7) is 0.187. The van der Waals surface area contributed by atoms with Gasteiger partial charge in [0.1, 0.15) is 17.4 Å². The molecule has 3 aromatic rings. The van der Waals surface area contributed by atoms with Gasteiger partial charge in [-0.3, -0.25) is 4.79 Å². The number of hydrogen-bond donors (Lipinski definition) is 0. The molecule has 3 rings (SSSR count). The molecule has 2 aromatic carbocycles. The maximum atomic E-state index is 13.3. The molecule has 0 unspecified atom stereocenters. The highest BCUT2D eigenvalue weighted by atomic mass is 35.5.